The fraction of sp³-hybridized carbons (Fsp3) is 0.900. The molecule has 1 amide bonds. The van der Waals surface area contributed by atoms with Crippen molar-refractivity contribution >= 4 is 5.91 Å². The van der Waals surface area contributed by atoms with Gasteiger partial charge in [-0.25, -0.2) is 0 Å². The molecule has 2 bridgehead atoms. The molecular weight excluding hydrogens is 178 g/mol. The molecule has 0 aromatic heterocycles. The van der Waals surface area contributed by atoms with Crippen LogP contribution in [-0.2, 0) is 4.79 Å². The third kappa shape index (κ3) is 1.33. The number of nitrogens with two attached hydrogens (primary N) is 1. The highest BCUT2D eigenvalue weighted by molar-refractivity contribution is 5.85. The lowest BCUT2D eigenvalue weighted by Gasteiger charge is -2.51. The van der Waals surface area contributed by atoms with Crippen LogP contribution in [0.5, 0.6) is 0 Å². The standard InChI is InChI=1S/C10H19N3O/c1-2-12-10(9(11)14)7-13-5-3-8(10)4-6-13/h8,12H,2-7H2,1H3,(H2,11,14). The number of primary amides is 1. The molecule has 14 heavy (non-hydrogen) atoms. The van der Waals surface area contributed by atoms with Crippen molar-refractivity contribution in [2.24, 2.45) is 11.7 Å². The Balaban J connectivity index is 2.22. The van der Waals surface area contributed by atoms with E-state index in [1.165, 1.54) is 0 Å². The quantitative estimate of drug-likeness (QED) is 0.644. The van der Waals surface area contributed by atoms with Crippen molar-refractivity contribution in [2.75, 3.05) is 26.2 Å². The molecule has 4 nitrogen and oxygen atoms in total. The van der Waals surface area contributed by atoms with E-state index in [2.05, 4.69) is 10.2 Å². The highest BCUT2D eigenvalue weighted by Gasteiger charge is 2.50. The molecule has 0 aromatic carbocycles. The molecule has 3 aliphatic rings. The molecule has 3 aliphatic heterocycles. The number of amides is 1. The van der Waals surface area contributed by atoms with Crippen LogP contribution in [0.15, 0.2) is 0 Å². The van der Waals surface area contributed by atoms with Crippen molar-refractivity contribution in [3.63, 3.8) is 0 Å². The normalized spacial score (nSPS) is 41.2. The van der Waals surface area contributed by atoms with Gasteiger partial charge in [0.1, 0.15) is 5.54 Å². The molecule has 1 atom stereocenters. The minimum atomic E-state index is -0.439. The second kappa shape index (κ2) is 3.51. The van der Waals surface area contributed by atoms with E-state index in [9.17, 15) is 4.79 Å². The average molecular weight is 197 g/mol. The fourth-order valence-electron chi connectivity index (χ4n) is 2.95. The Morgan fingerprint density at radius 1 is 1.57 bits per heavy atom. The second-order valence-electron chi connectivity index (χ2n) is 4.42. The summed E-state index contributed by atoms with van der Waals surface area (Å²) in [5.41, 5.74) is 5.11. The number of nitrogens with zero attached hydrogens (tertiary/aromatic N) is 1. The maximum Gasteiger partial charge on any atom is 0.239 e. The Hall–Kier alpha value is -0.610. The van der Waals surface area contributed by atoms with E-state index >= 15 is 0 Å². The third-order valence-corrected chi connectivity index (χ3v) is 3.69. The van der Waals surface area contributed by atoms with Gasteiger partial charge >= 0.3 is 0 Å². The molecule has 1 unspecified atom stereocenters. The van der Waals surface area contributed by atoms with Crippen LogP contribution in [0.3, 0.4) is 0 Å². The number of carbonyl (C=O) groups excluding carboxylic acids is 1. The van der Waals surface area contributed by atoms with Gasteiger partial charge in [-0.3, -0.25) is 4.79 Å². The Kier molecular flexibility index (Phi) is 2.49. The van der Waals surface area contributed by atoms with E-state index in [0.29, 0.717) is 5.92 Å². The Morgan fingerprint density at radius 2 is 2.21 bits per heavy atom. The van der Waals surface area contributed by atoms with Gasteiger partial charge in [0, 0.05) is 6.54 Å². The number of carbonyl (C=O) groups is 1. The fourth-order valence-corrected chi connectivity index (χ4v) is 2.95. The van der Waals surface area contributed by atoms with Gasteiger partial charge in [-0.2, -0.15) is 0 Å². The first-order chi connectivity index (χ1) is 6.69. The monoisotopic (exact) mass is 197 g/mol. The van der Waals surface area contributed by atoms with Crippen LogP contribution in [-0.4, -0.2) is 42.5 Å². The number of likely N-dealkylation sites (N-methyl/N-ethyl adjacent to an activating group) is 1. The molecule has 0 aliphatic carbocycles. The van der Waals surface area contributed by atoms with Crippen LogP contribution in [0.1, 0.15) is 19.8 Å². The molecule has 0 aromatic rings. The summed E-state index contributed by atoms with van der Waals surface area (Å²) < 4.78 is 0. The molecule has 0 spiro atoms. The van der Waals surface area contributed by atoms with Crippen molar-refractivity contribution in [1.29, 1.82) is 0 Å². The van der Waals surface area contributed by atoms with Crippen molar-refractivity contribution in [3.8, 4) is 0 Å². The van der Waals surface area contributed by atoms with E-state index < -0.39 is 5.54 Å². The maximum absolute atomic E-state index is 11.6. The van der Waals surface area contributed by atoms with E-state index in [4.69, 9.17) is 5.73 Å². The summed E-state index contributed by atoms with van der Waals surface area (Å²) >= 11 is 0. The largest absolute Gasteiger partial charge is 0.368 e. The van der Waals surface area contributed by atoms with E-state index in [1.54, 1.807) is 0 Å². The number of fused-ring (bicyclic) bond motifs is 3. The van der Waals surface area contributed by atoms with Crippen LogP contribution in [0.4, 0.5) is 0 Å². The molecule has 3 N–H and O–H groups in total. The lowest BCUT2D eigenvalue weighted by atomic mass is 9.72. The first kappa shape index (κ1) is 9.93. The van der Waals surface area contributed by atoms with Crippen LogP contribution in [0.25, 0.3) is 0 Å². The Labute approximate surface area is 84.8 Å². The molecule has 3 heterocycles. The predicted molar refractivity (Wildman–Crippen MR) is 54.8 cm³/mol. The summed E-state index contributed by atoms with van der Waals surface area (Å²) in [6, 6.07) is 0. The van der Waals surface area contributed by atoms with Gasteiger partial charge in [0.2, 0.25) is 5.91 Å². The molecule has 3 fully saturated rings. The molecule has 3 saturated heterocycles. The van der Waals surface area contributed by atoms with Gasteiger partial charge < -0.3 is 16.0 Å². The first-order valence-electron chi connectivity index (χ1n) is 5.46. The lowest BCUT2D eigenvalue weighted by molar-refractivity contribution is -0.132. The van der Waals surface area contributed by atoms with Gasteiger partial charge in [-0.15, -0.1) is 0 Å². The number of piperidine rings is 3. The molecule has 3 rings (SSSR count). The first-order valence-corrected chi connectivity index (χ1v) is 5.46. The summed E-state index contributed by atoms with van der Waals surface area (Å²) in [7, 11) is 0. The summed E-state index contributed by atoms with van der Waals surface area (Å²) in [6.07, 6.45) is 2.21. The summed E-state index contributed by atoms with van der Waals surface area (Å²) in [6.45, 7) is 5.91. The van der Waals surface area contributed by atoms with Gasteiger partial charge in [-0.1, -0.05) is 6.92 Å². The van der Waals surface area contributed by atoms with E-state index in [-0.39, 0.29) is 5.91 Å². The molecular formula is C10H19N3O. The van der Waals surface area contributed by atoms with E-state index in [1.807, 2.05) is 6.92 Å². The number of nitrogens with one attached hydrogen (secondary N) is 1. The number of rotatable bonds is 3. The number of hydrogen-bond donors (Lipinski definition) is 2. The topological polar surface area (TPSA) is 58.4 Å². The zero-order chi connectivity index (χ0) is 10.2. The minimum absolute atomic E-state index is 0.172. The van der Waals surface area contributed by atoms with Crippen LogP contribution >= 0.6 is 0 Å². The Bertz CT molecular complexity index is 236. The SMILES string of the molecule is CCNC1(C(N)=O)CN2CCC1CC2. The van der Waals surface area contributed by atoms with Crippen molar-refractivity contribution in [3.05, 3.63) is 0 Å². The summed E-state index contributed by atoms with van der Waals surface area (Å²) in [5.74, 6) is 0.277. The molecule has 4 heteroatoms. The van der Waals surface area contributed by atoms with Gasteiger partial charge in [0.25, 0.3) is 0 Å². The molecule has 80 valence electrons. The van der Waals surface area contributed by atoms with Gasteiger partial charge in [-0.05, 0) is 38.4 Å². The zero-order valence-corrected chi connectivity index (χ0v) is 8.75. The van der Waals surface area contributed by atoms with Gasteiger partial charge in [0.05, 0.1) is 0 Å². The van der Waals surface area contributed by atoms with Gasteiger partial charge in [0.15, 0.2) is 0 Å². The van der Waals surface area contributed by atoms with Crippen LogP contribution in [0.2, 0.25) is 0 Å². The predicted octanol–water partition coefficient (Wildman–Crippen LogP) is -0.454. The summed E-state index contributed by atoms with van der Waals surface area (Å²) in [5, 5.41) is 3.31. The van der Waals surface area contributed by atoms with Crippen LogP contribution in [0, 0.1) is 5.92 Å². The maximum atomic E-state index is 11.6. The van der Waals surface area contributed by atoms with E-state index in [0.717, 1.165) is 39.0 Å². The second-order valence-corrected chi connectivity index (χ2v) is 4.42. The smallest absolute Gasteiger partial charge is 0.239 e. The average Bonchev–Trinajstić information content (AvgIpc) is 2.19. The van der Waals surface area contributed by atoms with Crippen molar-refractivity contribution in [2.45, 2.75) is 25.3 Å². The highest BCUT2D eigenvalue weighted by Crippen LogP contribution is 2.35. The zero-order valence-electron chi connectivity index (χ0n) is 8.75. The molecule has 0 saturated carbocycles. The van der Waals surface area contributed by atoms with Crippen molar-refractivity contribution < 1.29 is 4.79 Å². The summed E-state index contributed by atoms with van der Waals surface area (Å²) in [4.78, 5) is 13.9. The van der Waals surface area contributed by atoms with Crippen LogP contribution < -0.4 is 11.1 Å². The third-order valence-electron chi connectivity index (χ3n) is 3.69. The number of hydrogen-bond acceptors (Lipinski definition) is 3. The highest BCUT2D eigenvalue weighted by atomic mass is 16.1. The lowest BCUT2D eigenvalue weighted by Crippen LogP contribution is -2.71. The molecule has 0 radical (unpaired) electrons. The van der Waals surface area contributed by atoms with Crippen molar-refractivity contribution in [1.82, 2.24) is 10.2 Å². The minimum Gasteiger partial charge on any atom is -0.368 e. The Morgan fingerprint density at radius 3 is 2.57 bits per heavy atom.